The van der Waals surface area contributed by atoms with Crippen molar-refractivity contribution >= 4 is 56.0 Å². The summed E-state index contributed by atoms with van der Waals surface area (Å²) in [6, 6.07) is 12.2. The zero-order valence-corrected chi connectivity index (χ0v) is 19.0. The van der Waals surface area contributed by atoms with Gasteiger partial charge in [0.15, 0.2) is 5.13 Å². The van der Waals surface area contributed by atoms with Crippen LogP contribution < -0.4 is 4.90 Å². The average Bonchev–Trinajstić information content (AvgIpc) is 3.12. The number of rotatable bonds is 5. The normalized spacial score (nSPS) is 14.6. The zero-order chi connectivity index (χ0) is 20.4. The molecule has 0 aliphatic carbocycles. The first-order chi connectivity index (χ1) is 14.0. The van der Waals surface area contributed by atoms with Crippen LogP contribution in [0, 0.1) is 13.8 Å². The second-order valence-corrected chi connectivity index (χ2v) is 9.93. The van der Waals surface area contributed by atoms with E-state index in [-0.39, 0.29) is 5.91 Å². The first-order valence-electron chi connectivity index (χ1n) is 9.78. The highest BCUT2D eigenvalue weighted by Gasteiger charge is 2.23. The molecule has 1 amide bonds. The SMILES string of the molecule is Cc1cc2nc(N3CCN(C(=O)CCSc4ccc(Cl)cc4)CC3)sc2cc1C. The van der Waals surface area contributed by atoms with E-state index >= 15 is 0 Å². The minimum absolute atomic E-state index is 0.238. The summed E-state index contributed by atoms with van der Waals surface area (Å²) in [6.07, 6.45) is 0.562. The van der Waals surface area contributed by atoms with Crippen molar-refractivity contribution in [2.24, 2.45) is 0 Å². The quantitative estimate of drug-likeness (QED) is 0.493. The predicted molar refractivity (Wildman–Crippen MR) is 125 cm³/mol. The molecule has 0 bridgehead atoms. The van der Waals surface area contributed by atoms with E-state index in [0.29, 0.717) is 6.42 Å². The van der Waals surface area contributed by atoms with E-state index in [1.54, 1.807) is 23.1 Å². The molecule has 0 saturated carbocycles. The maximum Gasteiger partial charge on any atom is 0.223 e. The van der Waals surface area contributed by atoms with E-state index in [0.717, 1.165) is 52.5 Å². The summed E-state index contributed by atoms with van der Waals surface area (Å²) in [7, 11) is 0. The van der Waals surface area contributed by atoms with Crippen LogP contribution in [-0.2, 0) is 4.79 Å². The Hall–Kier alpha value is -1.76. The molecule has 3 aromatic rings. The molecule has 0 spiro atoms. The molecule has 0 atom stereocenters. The van der Waals surface area contributed by atoms with Crippen molar-refractivity contribution in [1.29, 1.82) is 0 Å². The zero-order valence-electron chi connectivity index (χ0n) is 16.7. The number of carbonyl (C=O) groups is 1. The second kappa shape index (κ2) is 8.94. The molecule has 1 saturated heterocycles. The molecule has 152 valence electrons. The lowest BCUT2D eigenvalue weighted by Crippen LogP contribution is -2.48. The molecule has 2 aromatic carbocycles. The van der Waals surface area contributed by atoms with Gasteiger partial charge in [0.2, 0.25) is 5.91 Å². The van der Waals surface area contributed by atoms with Gasteiger partial charge in [0.25, 0.3) is 0 Å². The van der Waals surface area contributed by atoms with Crippen LogP contribution in [-0.4, -0.2) is 47.7 Å². The van der Waals surface area contributed by atoms with E-state index in [4.69, 9.17) is 16.6 Å². The minimum Gasteiger partial charge on any atom is -0.345 e. The van der Waals surface area contributed by atoms with E-state index in [9.17, 15) is 4.79 Å². The Labute approximate surface area is 184 Å². The fraction of sp³-hybridized carbons (Fsp3) is 0.364. The van der Waals surface area contributed by atoms with Gasteiger partial charge in [-0.25, -0.2) is 4.98 Å². The van der Waals surface area contributed by atoms with Gasteiger partial charge in [-0.1, -0.05) is 22.9 Å². The second-order valence-electron chi connectivity index (χ2n) is 7.32. The monoisotopic (exact) mass is 445 g/mol. The Balaban J connectivity index is 1.28. The van der Waals surface area contributed by atoms with Crippen LogP contribution in [0.4, 0.5) is 5.13 Å². The van der Waals surface area contributed by atoms with Gasteiger partial charge in [0.05, 0.1) is 10.2 Å². The topological polar surface area (TPSA) is 36.4 Å². The number of carbonyl (C=O) groups excluding carboxylic acids is 1. The summed E-state index contributed by atoms with van der Waals surface area (Å²) in [5.41, 5.74) is 3.66. The molecule has 1 aromatic heterocycles. The average molecular weight is 446 g/mol. The van der Waals surface area contributed by atoms with Gasteiger partial charge in [-0.2, -0.15) is 0 Å². The van der Waals surface area contributed by atoms with E-state index < -0.39 is 0 Å². The van der Waals surface area contributed by atoms with Crippen molar-refractivity contribution in [1.82, 2.24) is 9.88 Å². The molecule has 0 N–H and O–H groups in total. The summed E-state index contributed by atoms with van der Waals surface area (Å²) in [6.45, 7) is 7.48. The number of piperazine rings is 1. The van der Waals surface area contributed by atoms with Crippen molar-refractivity contribution in [3.63, 3.8) is 0 Å². The van der Waals surface area contributed by atoms with Gasteiger partial charge in [0, 0.05) is 48.3 Å². The van der Waals surface area contributed by atoms with Crippen LogP contribution in [0.15, 0.2) is 41.3 Å². The van der Waals surface area contributed by atoms with E-state index in [1.165, 1.54) is 15.8 Å². The maximum absolute atomic E-state index is 12.6. The lowest BCUT2D eigenvalue weighted by Gasteiger charge is -2.34. The summed E-state index contributed by atoms with van der Waals surface area (Å²) in [5, 5.41) is 1.80. The number of thioether (sulfide) groups is 1. The molecule has 1 aliphatic rings. The Kier molecular flexibility index (Phi) is 6.32. The summed E-state index contributed by atoms with van der Waals surface area (Å²) in [4.78, 5) is 22.8. The van der Waals surface area contributed by atoms with Crippen molar-refractivity contribution in [2.75, 3.05) is 36.8 Å². The van der Waals surface area contributed by atoms with Crippen LogP contribution in [0.5, 0.6) is 0 Å². The van der Waals surface area contributed by atoms with Gasteiger partial charge >= 0.3 is 0 Å². The number of benzene rings is 2. The third kappa shape index (κ3) is 4.87. The number of halogens is 1. The maximum atomic E-state index is 12.6. The number of anilines is 1. The van der Waals surface area contributed by atoms with Crippen molar-refractivity contribution in [3.05, 3.63) is 52.5 Å². The molecule has 29 heavy (non-hydrogen) atoms. The fourth-order valence-electron chi connectivity index (χ4n) is 3.40. The molecule has 0 unspecified atom stereocenters. The molecule has 4 nitrogen and oxygen atoms in total. The van der Waals surface area contributed by atoms with Crippen LogP contribution in [0.25, 0.3) is 10.2 Å². The number of hydrogen-bond acceptors (Lipinski definition) is 5. The molecule has 7 heteroatoms. The summed E-state index contributed by atoms with van der Waals surface area (Å²) >= 11 is 9.36. The number of hydrogen-bond donors (Lipinski definition) is 0. The number of amides is 1. The summed E-state index contributed by atoms with van der Waals surface area (Å²) in [5.74, 6) is 1.03. The molecule has 0 radical (unpaired) electrons. The Bertz CT molecular complexity index is 972. The van der Waals surface area contributed by atoms with E-state index in [1.807, 2.05) is 29.2 Å². The lowest BCUT2D eigenvalue weighted by atomic mass is 10.1. The number of aromatic nitrogens is 1. The Morgan fingerprint density at radius 3 is 2.52 bits per heavy atom. The van der Waals surface area contributed by atoms with Gasteiger partial charge in [-0.15, -0.1) is 11.8 Å². The third-order valence-corrected chi connectivity index (χ3v) is 7.64. The molecular weight excluding hydrogens is 422 g/mol. The van der Waals surface area contributed by atoms with E-state index in [2.05, 4.69) is 30.9 Å². The third-order valence-electron chi connectivity index (χ3n) is 5.29. The Morgan fingerprint density at radius 1 is 1.10 bits per heavy atom. The number of nitrogens with zero attached hydrogens (tertiary/aromatic N) is 3. The number of fused-ring (bicyclic) bond motifs is 1. The first kappa shape index (κ1) is 20.5. The highest BCUT2D eigenvalue weighted by molar-refractivity contribution is 7.99. The predicted octanol–water partition coefficient (Wildman–Crippen LogP) is 5.40. The van der Waals surface area contributed by atoms with Crippen LogP contribution in [0.2, 0.25) is 5.02 Å². The van der Waals surface area contributed by atoms with Crippen LogP contribution >= 0.6 is 34.7 Å². The highest BCUT2D eigenvalue weighted by atomic mass is 35.5. The van der Waals surface area contributed by atoms with Gasteiger partial charge in [-0.05, 0) is 61.4 Å². The van der Waals surface area contributed by atoms with Gasteiger partial charge in [-0.3, -0.25) is 4.79 Å². The van der Waals surface area contributed by atoms with Crippen molar-refractivity contribution < 1.29 is 4.79 Å². The Morgan fingerprint density at radius 2 is 1.79 bits per heavy atom. The smallest absolute Gasteiger partial charge is 0.223 e. The minimum atomic E-state index is 0.238. The lowest BCUT2D eigenvalue weighted by molar-refractivity contribution is -0.131. The molecule has 2 heterocycles. The van der Waals surface area contributed by atoms with Crippen LogP contribution in [0.3, 0.4) is 0 Å². The number of aryl methyl sites for hydroxylation is 2. The van der Waals surface area contributed by atoms with Crippen LogP contribution in [0.1, 0.15) is 17.5 Å². The molecule has 1 fully saturated rings. The van der Waals surface area contributed by atoms with Crippen molar-refractivity contribution in [3.8, 4) is 0 Å². The standard InChI is InChI=1S/C22H24ClN3OS2/c1-15-13-19-20(14-16(15)2)29-22(24-19)26-10-8-25(9-11-26)21(27)7-12-28-18-5-3-17(23)4-6-18/h3-6,13-14H,7-12H2,1-2H3. The first-order valence-corrected chi connectivity index (χ1v) is 12.0. The number of thiazole rings is 1. The highest BCUT2D eigenvalue weighted by Crippen LogP contribution is 2.31. The fourth-order valence-corrected chi connectivity index (χ4v) is 5.46. The largest absolute Gasteiger partial charge is 0.345 e. The summed E-state index contributed by atoms with van der Waals surface area (Å²) < 4.78 is 1.24. The van der Waals surface area contributed by atoms with Crippen molar-refractivity contribution in [2.45, 2.75) is 25.2 Å². The van der Waals surface area contributed by atoms with Gasteiger partial charge in [0.1, 0.15) is 0 Å². The van der Waals surface area contributed by atoms with Gasteiger partial charge < -0.3 is 9.80 Å². The molecular formula is C22H24ClN3OS2. The molecule has 4 rings (SSSR count). The molecule has 1 aliphatic heterocycles.